The van der Waals surface area contributed by atoms with Gasteiger partial charge in [0.15, 0.2) is 6.04 Å². The maximum Gasteiger partial charge on any atom is 0.327 e. The van der Waals surface area contributed by atoms with Gasteiger partial charge in [0.05, 0.1) is 25.3 Å². The molecule has 16 heteroatoms. The van der Waals surface area contributed by atoms with E-state index in [1.165, 1.54) is 23.0 Å². The van der Waals surface area contributed by atoms with E-state index in [4.69, 9.17) is 23.8 Å². The molecule has 0 radical (unpaired) electrons. The average molecular weight is 717 g/mol. The van der Waals surface area contributed by atoms with Crippen molar-refractivity contribution in [3.05, 3.63) is 41.5 Å². The summed E-state index contributed by atoms with van der Waals surface area (Å²) in [7, 11) is 3.27. The molecule has 0 unspecified atom stereocenters. The van der Waals surface area contributed by atoms with Gasteiger partial charge in [0.2, 0.25) is 17.7 Å². The third-order valence-electron chi connectivity index (χ3n) is 9.46. The molecule has 1 aromatic carbocycles. The highest BCUT2D eigenvalue weighted by Crippen LogP contribution is 2.55. The van der Waals surface area contributed by atoms with Crippen LogP contribution >= 0.6 is 0 Å². The second-order valence-corrected chi connectivity index (χ2v) is 14.6. The number of hydrogen-bond donors (Lipinski definition) is 4. The molecule has 0 aromatic heterocycles. The van der Waals surface area contributed by atoms with E-state index in [-0.39, 0.29) is 38.5 Å². The normalized spacial score (nSPS) is 28.7. The number of fused-ring (bicyclic) bond motifs is 4. The van der Waals surface area contributed by atoms with Gasteiger partial charge in [-0.05, 0) is 51.3 Å². The van der Waals surface area contributed by atoms with Crippen LogP contribution < -0.4 is 10.6 Å². The molecule has 1 aromatic rings. The standard InChI is InChI=1S/C35H48N4O12/c1-19(41)26(31(44)36-22(17-40)12-14-25(43)50-34(2,3)4)37-33(46)35-15-23-27-28(48-18-47-27)30(35)51-39(29(35)32(45)49-23)16-21-10-8-7-9-20(21)11-13-24(42)38(5)6/h7-11,13,19,22-23,26-30,40-41H,12,14-18H2,1-6H3,(H,36,44)(H,37,46)/t19-,22-,23+,26+,27-,28-,29-,30+,35-/m0/s1. The molecule has 0 spiro atoms. The Morgan fingerprint density at radius 1 is 1.14 bits per heavy atom. The van der Waals surface area contributed by atoms with Crippen molar-refractivity contribution in [2.24, 2.45) is 5.41 Å². The van der Waals surface area contributed by atoms with Gasteiger partial charge in [0, 0.05) is 33.0 Å². The predicted octanol–water partition coefficient (Wildman–Crippen LogP) is -0.206. The molecule has 4 N–H and O–H groups in total. The second kappa shape index (κ2) is 15.4. The van der Waals surface area contributed by atoms with Gasteiger partial charge in [-0.15, -0.1) is 0 Å². The van der Waals surface area contributed by atoms with Gasteiger partial charge in [0.25, 0.3) is 0 Å². The summed E-state index contributed by atoms with van der Waals surface area (Å²) in [6.45, 7) is 5.89. The Kier molecular flexibility index (Phi) is 11.5. The Balaban J connectivity index is 1.39. The number of nitrogens with zero attached hydrogens (tertiary/aromatic N) is 2. The number of aliphatic hydroxyl groups excluding tert-OH is 2. The average Bonchev–Trinajstić information content (AvgIpc) is 3.68. The molecule has 9 atom stereocenters. The van der Waals surface area contributed by atoms with E-state index in [9.17, 15) is 34.2 Å². The fourth-order valence-corrected chi connectivity index (χ4v) is 7.02. The molecule has 2 bridgehead atoms. The van der Waals surface area contributed by atoms with Crippen LogP contribution in [0.25, 0.3) is 6.08 Å². The molecule has 3 heterocycles. The van der Waals surface area contributed by atoms with Crippen LogP contribution in [0.4, 0.5) is 0 Å². The van der Waals surface area contributed by atoms with Crippen molar-refractivity contribution < 1.29 is 58.0 Å². The predicted molar refractivity (Wildman–Crippen MR) is 178 cm³/mol. The molecule has 5 rings (SSSR count). The van der Waals surface area contributed by atoms with Crippen LogP contribution in [0.1, 0.15) is 58.1 Å². The van der Waals surface area contributed by atoms with Crippen LogP contribution in [0, 0.1) is 5.41 Å². The number of aliphatic hydroxyl groups is 2. The van der Waals surface area contributed by atoms with Crippen LogP contribution in [0.2, 0.25) is 0 Å². The SMILES string of the molecule is C[C@H](O)[C@@H](NC(=O)[C@@]12C[C@H]3OC(=O)[C@@H]1N(Cc1ccccc1C=CC(=O)N(C)C)O[C@@H]2[C@H]1OCO[C@H]13)C(=O)N[C@H](CO)CCC(=O)OC(C)(C)C. The summed E-state index contributed by atoms with van der Waals surface area (Å²) in [5.41, 5.74) is -0.963. The fourth-order valence-electron chi connectivity index (χ4n) is 7.02. The van der Waals surface area contributed by atoms with Crippen LogP contribution in [0.5, 0.6) is 0 Å². The van der Waals surface area contributed by atoms with Crippen molar-refractivity contribution >= 4 is 35.7 Å². The zero-order chi connectivity index (χ0) is 37.2. The number of esters is 2. The summed E-state index contributed by atoms with van der Waals surface area (Å²) in [5, 5.41) is 27.3. The number of likely N-dealkylation sites (N-methyl/N-ethyl adjacent to an activating group) is 1. The first-order valence-electron chi connectivity index (χ1n) is 17.0. The minimum absolute atomic E-state index is 0.0108. The summed E-state index contributed by atoms with van der Waals surface area (Å²) >= 11 is 0. The van der Waals surface area contributed by atoms with Crippen molar-refractivity contribution in [2.75, 3.05) is 27.5 Å². The first kappa shape index (κ1) is 38.3. The number of hydroxylamine groups is 2. The molecular formula is C35H48N4O12. The van der Waals surface area contributed by atoms with Crippen LogP contribution in [0.15, 0.2) is 30.3 Å². The number of nitrogens with one attached hydrogen (secondary N) is 2. The summed E-state index contributed by atoms with van der Waals surface area (Å²) in [6.07, 6.45) is -1.75. The van der Waals surface area contributed by atoms with E-state index < -0.39 is 90.0 Å². The highest BCUT2D eigenvalue weighted by molar-refractivity contribution is 5.96. The lowest BCUT2D eigenvalue weighted by Gasteiger charge is -2.49. The van der Waals surface area contributed by atoms with Gasteiger partial charge < -0.3 is 44.7 Å². The van der Waals surface area contributed by atoms with E-state index in [1.807, 2.05) is 0 Å². The minimum atomic E-state index is -1.62. The highest BCUT2D eigenvalue weighted by atomic mass is 16.8. The lowest BCUT2D eigenvalue weighted by atomic mass is 9.62. The number of rotatable bonds is 13. The van der Waals surface area contributed by atoms with E-state index in [0.29, 0.717) is 11.1 Å². The molecule has 3 saturated heterocycles. The Morgan fingerprint density at radius 2 is 1.84 bits per heavy atom. The molecule has 4 fully saturated rings. The van der Waals surface area contributed by atoms with Gasteiger partial charge in [-0.25, -0.2) is 0 Å². The number of carbonyl (C=O) groups excluding carboxylic acids is 5. The number of carbonyl (C=O) groups is 5. The van der Waals surface area contributed by atoms with Crippen molar-refractivity contribution in [3.63, 3.8) is 0 Å². The zero-order valence-electron chi connectivity index (χ0n) is 29.7. The van der Waals surface area contributed by atoms with E-state index >= 15 is 0 Å². The van der Waals surface area contributed by atoms with Gasteiger partial charge in [0.1, 0.15) is 48.3 Å². The maximum absolute atomic E-state index is 14.6. The Labute approximate surface area is 296 Å². The van der Waals surface area contributed by atoms with Gasteiger partial charge in [-0.1, -0.05) is 24.3 Å². The molecule has 1 aliphatic carbocycles. The first-order chi connectivity index (χ1) is 24.0. The molecule has 51 heavy (non-hydrogen) atoms. The number of benzene rings is 1. The van der Waals surface area contributed by atoms with Crippen molar-refractivity contribution in [1.82, 2.24) is 20.6 Å². The fraction of sp³-hybridized carbons (Fsp3) is 0.629. The van der Waals surface area contributed by atoms with E-state index in [2.05, 4.69) is 10.6 Å². The second-order valence-electron chi connectivity index (χ2n) is 14.6. The Morgan fingerprint density at radius 3 is 2.51 bits per heavy atom. The summed E-state index contributed by atoms with van der Waals surface area (Å²) < 4.78 is 22.8. The Bertz CT molecular complexity index is 1530. The van der Waals surface area contributed by atoms with Crippen LogP contribution in [-0.2, 0) is 54.3 Å². The van der Waals surface area contributed by atoms with E-state index in [0.717, 1.165) is 0 Å². The monoisotopic (exact) mass is 716 g/mol. The molecule has 1 saturated carbocycles. The third-order valence-corrected chi connectivity index (χ3v) is 9.46. The lowest BCUT2D eigenvalue weighted by molar-refractivity contribution is -0.201. The van der Waals surface area contributed by atoms with Crippen LogP contribution in [-0.4, -0.2) is 132 Å². The lowest BCUT2D eigenvalue weighted by Crippen LogP contribution is -2.71. The zero-order valence-corrected chi connectivity index (χ0v) is 29.7. The topological polar surface area (TPSA) is 202 Å². The molecule has 3 amide bonds. The molecule has 3 aliphatic heterocycles. The quantitative estimate of drug-likeness (QED) is 0.155. The van der Waals surface area contributed by atoms with Gasteiger partial charge in [-0.3, -0.25) is 28.8 Å². The van der Waals surface area contributed by atoms with Crippen molar-refractivity contribution in [3.8, 4) is 0 Å². The summed E-state index contributed by atoms with van der Waals surface area (Å²) in [6, 6.07) is 3.54. The number of hydrogen-bond acceptors (Lipinski definition) is 13. The highest BCUT2D eigenvalue weighted by Gasteiger charge is 2.74. The number of ether oxygens (including phenoxy) is 4. The molecule has 280 valence electrons. The molecule has 16 nitrogen and oxygen atoms in total. The number of amides is 3. The Hall–Kier alpha value is -3.93. The smallest absolute Gasteiger partial charge is 0.327 e. The van der Waals surface area contributed by atoms with Crippen molar-refractivity contribution in [2.45, 2.75) is 108 Å². The molecule has 4 aliphatic rings. The first-order valence-corrected chi connectivity index (χ1v) is 17.0. The largest absolute Gasteiger partial charge is 0.460 e. The van der Waals surface area contributed by atoms with Crippen LogP contribution in [0.3, 0.4) is 0 Å². The minimum Gasteiger partial charge on any atom is -0.460 e. The van der Waals surface area contributed by atoms with E-state index in [1.54, 1.807) is 65.2 Å². The third kappa shape index (κ3) is 8.10. The maximum atomic E-state index is 14.6. The molecular weight excluding hydrogens is 668 g/mol. The van der Waals surface area contributed by atoms with Gasteiger partial charge in [-0.2, -0.15) is 5.06 Å². The van der Waals surface area contributed by atoms with Crippen molar-refractivity contribution in [1.29, 1.82) is 0 Å². The van der Waals surface area contributed by atoms with Gasteiger partial charge >= 0.3 is 11.9 Å². The summed E-state index contributed by atoms with van der Waals surface area (Å²) in [5.74, 6) is -3.01. The summed E-state index contributed by atoms with van der Waals surface area (Å²) in [4.78, 5) is 74.3.